The van der Waals surface area contributed by atoms with Crippen LogP contribution in [0, 0.1) is 34.5 Å². The van der Waals surface area contributed by atoms with Crippen molar-refractivity contribution in [1.82, 2.24) is 0 Å². The van der Waals surface area contributed by atoms with Crippen molar-refractivity contribution in [2.24, 2.45) is 34.5 Å². The van der Waals surface area contributed by atoms with Gasteiger partial charge in [-0.15, -0.1) is 0 Å². The molecule has 3 saturated carbocycles. The van der Waals surface area contributed by atoms with Gasteiger partial charge in [0.15, 0.2) is 0 Å². The van der Waals surface area contributed by atoms with Crippen LogP contribution < -0.4 is 0 Å². The van der Waals surface area contributed by atoms with E-state index in [1.54, 1.807) is 0 Å². The van der Waals surface area contributed by atoms with E-state index in [0.29, 0.717) is 11.8 Å². The van der Waals surface area contributed by atoms with E-state index in [9.17, 15) is 19.2 Å². The number of ether oxygens (including phenoxy) is 2. The van der Waals surface area contributed by atoms with E-state index >= 15 is 0 Å². The number of fused-ring (bicyclic) bond motifs is 3. The number of carbonyl (C=O) groups excluding carboxylic acids is 4. The second kappa shape index (κ2) is 8.18. The van der Waals surface area contributed by atoms with Crippen LogP contribution in [0.15, 0.2) is 11.6 Å². The molecule has 4 aliphatic rings. The van der Waals surface area contributed by atoms with Crippen molar-refractivity contribution in [3.63, 3.8) is 0 Å². The Morgan fingerprint density at radius 2 is 2.00 bits per heavy atom. The van der Waals surface area contributed by atoms with Crippen LogP contribution >= 0.6 is 0 Å². The van der Waals surface area contributed by atoms with Crippen LogP contribution in [0.5, 0.6) is 0 Å². The number of esters is 2. The smallest absolute Gasteiger partial charge is 0.331 e. The van der Waals surface area contributed by atoms with E-state index in [-0.39, 0.29) is 54.1 Å². The fourth-order valence-electron chi connectivity index (χ4n) is 7.40. The molecule has 170 valence electrons. The molecule has 0 unspecified atom stereocenters. The molecule has 0 radical (unpaired) electrons. The largest absolute Gasteiger partial charge is 0.463 e. The molecule has 0 aromatic carbocycles. The molecule has 3 aliphatic carbocycles. The van der Waals surface area contributed by atoms with Crippen molar-refractivity contribution in [2.45, 2.75) is 78.2 Å². The normalized spacial score (nSPS) is 40.8. The molecule has 7 atom stereocenters. The van der Waals surface area contributed by atoms with E-state index in [1.165, 1.54) is 13.0 Å². The van der Waals surface area contributed by atoms with Gasteiger partial charge in [-0.2, -0.15) is 0 Å². The number of hydrogen-bond acceptors (Lipinski definition) is 6. The highest BCUT2D eigenvalue weighted by atomic mass is 16.5. The van der Waals surface area contributed by atoms with Gasteiger partial charge in [0.2, 0.25) is 0 Å². The monoisotopic (exact) mass is 430 g/mol. The van der Waals surface area contributed by atoms with Gasteiger partial charge in [-0.05, 0) is 67.8 Å². The van der Waals surface area contributed by atoms with Gasteiger partial charge in [0, 0.05) is 36.7 Å². The first-order valence-electron chi connectivity index (χ1n) is 11.7. The summed E-state index contributed by atoms with van der Waals surface area (Å²) in [4.78, 5) is 48.5. The molecule has 0 N–H and O–H groups in total. The minimum Gasteiger partial charge on any atom is -0.463 e. The maximum Gasteiger partial charge on any atom is 0.331 e. The lowest BCUT2D eigenvalue weighted by Gasteiger charge is -2.58. The highest BCUT2D eigenvalue weighted by Crippen LogP contribution is 2.62. The number of Topliss-reactive ketones (excluding diaryl/α,β-unsaturated/α-hetero) is 1. The van der Waals surface area contributed by atoms with Gasteiger partial charge in [-0.3, -0.25) is 9.59 Å². The molecular formula is C25H34O6. The summed E-state index contributed by atoms with van der Waals surface area (Å²) in [5, 5.41) is 0. The first-order valence-corrected chi connectivity index (χ1v) is 11.7. The summed E-state index contributed by atoms with van der Waals surface area (Å²) >= 11 is 0. The average molecular weight is 431 g/mol. The highest BCUT2D eigenvalue weighted by Gasteiger charge is 2.59. The number of cyclic esters (lactones) is 1. The third kappa shape index (κ3) is 3.76. The predicted molar refractivity (Wildman–Crippen MR) is 113 cm³/mol. The first-order chi connectivity index (χ1) is 14.7. The topological polar surface area (TPSA) is 86.7 Å². The van der Waals surface area contributed by atoms with Crippen LogP contribution in [-0.2, 0) is 28.7 Å². The summed E-state index contributed by atoms with van der Waals surface area (Å²) in [5.74, 6) is 0.200. The number of aldehydes is 1. The van der Waals surface area contributed by atoms with Crippen LogP contribution in [0.4, 0.5) is 0 Å². The molecule has 0 aromatic rings. The summed E-state index contributed by atoms with van der Waals surface area (Å²) in [5.41, 5.74) is 0.232. The predicted octanol–water partition coefficient (Wildman–Crippen LogP) is 3.81. The van der Waals surface area contributed by atoms with Crippen LogP contribution in [-0.4, -0.2) is 36.7 Å². The number of rotatable bonds is 5. The molecule has 0 saturated heterocycles. The maximum absolute atomic E-state index is 13.9. The maximum atomic E-state index is 13.9. The highest BCUT2D eigenvalue weighted by molar-refractivity contribution is 5.90. The van der Waals surface area contributed by atoms with Crippen LogP contribution in [0.2, 0.25) is 0 Å². The van der Waals surface area contributed by atoms with Crippen LogP contribution in [0.3, 0.4) is 0 Å². The third-order valence-electron chi connectivity index (χ3n) is 9.08. The molecule has 1 aliphatic heterocycles. The standard InChI is InChI=1S/C25H34O6/c1-15(27)31-18-6-9-24(2)17(13-18)4-5-19-21(24)7-10-25(3,23(19)29)20(8-11-26)16-12-22(28)30-14-16/h11-12,17-21H,4-10,13-14H2,1-3H3/t17-,18+,19-,20-,21+,24+,25-/m1/s1. The van der Waals surface area contributed by atoms with Crippen molar-refractivity contribution in [1.29, 1.82) is 0 Å². The Hall–Kier alpha value is -1.98. The quantitative estimate of drug-likeness (QED) is 0.487. The molecule has 0 bridgehead atoms. The van der Waals surface area contributed by atoms with Crippen LogP contribution in [0.1, 0.15) is 72.1 Å². The summed E-state index contributed by atoms with van der Waals surface area (Å²) < 4.78 is 10.6. The van der Waals surface area contributed by atoms with Gasteiger partial charge in [-0.25, -0.2) is 4.79 Å². The van der Waals surface area contributed by atoms with Gasteiger partial charge >= 0.3 is 11.9 Å². The van der Waals surface area contributed by atoms with Gasteiger partial charge in [0.05, 0.1) is 0 Å². The minimum absolute atomic E-state index is 0.000459. The Morgan fingerprint density at radius 3 is 2.65 bits per heavy atom. The van der Waals surface area contributed by atoms with Gasteiger partial charge in [0.1, 0.15) is 24.8 Å². The Bertz CT molecular complexity index is 815. The summed E-state index contributed by atoms with van der Waals surface area (Å²) in [6.07, 6.45) is 8.84. The van der Waals surface area contributed by atoms with Gasteiger partial charge < -0.3 is 14.3 Å². The zero-order valence-corrected chi connectivity index (χ0v) is 18.9. The van der Waals surface area contributed by atoms with Crippen molar-refractivity contribution in [2.75, 3.05) is 6.61 Å². The molecule has 3 fully saturated rings. The summed E-state index contributed by atoms with van der Waals surface area (Å²) in [6.45, 7) is 5.99. The zero-order chi connectivity index (χ0) is 22.4. The molecule has 6 nitrogen and oxygen atoms in total. The van der Waals surface area contributed by atoms with Crippen molar-refractivity contribution >= 4 is 24.0 Å². The first kappa shape index (κ1) is 22.2. The Labute approximate surface area is 184 Å². The SMILES string of the molecule is CC(=O)O[C@H]1CC[C@@]2(C)[C@H](CC[C@H]3C(=O)[C@@](C)([C@H](CC=O)C4=CC(=O)OC4)CC[C@@H]32)C1. The van der Waals surface area contributed by atoms with E-state index in [1.807, 2.05) is 6.92 Å². The number of ketones is 1. The van der Waals surface area contributed by atoms with E-state index < -0.39 is 5.41 Å². The Morgan fingerprint density at radius 1 is 1.23 bits per heavy atom. The zero-order valence-electron chi connectivity index (χ0n) is 18.9. The lowest BCUT2D eigenvalue weighted by atomic mass is 9.45. The van der Waals surface area contributed by atoms with Crippen LogP contribution in [0.25, 0.3) is 0 Å². The number of carbonyl (C=O) groups is 4. The average Bonchev–Trinajstić information content (AvgIpc) is 3.14. The minimum atomic E-state index is -0.639. The number of hydrogen-bond donors (Lipinski definition) is 0. The molecule has 0 spiro atoms. The van der Waals surface area contributed by atoms with Crippen molar-refractivity contribution in [3.05, 3.63) is 11.6 Å². The van der Waals surface area contributed by atoms with Crippen molar-refractivity contribution < 1.29 is 28.7 Å². The molecule has 0 aromatic heterocycles. The second-order valence-corrected chi connectivity index (χ2v) is 10.6. The lowest BCUT2D eigenvalue weighted by molar-refractivity contribution is -0.163. The van der Waals surface area contributed by atoms with E-state index in [0.717, 1.165) is 56.8 Å². The van der Waals surface area contributed by atoms with Gasteiger partial charge in [0.25, 0.3) is 0 Å². The fraction of sp³-hybridized carbons (Fsp3) is 0.760. The Kier molecular flexibility index (Phi) is 5.86. The third-order valence-corrected chi connectivity index (χ3v) is 9.08. The second-order valence-electron chi connectivity index (χ2n) is 10.6. The Balaban J connectivity index is 1.55. The lowest BCUT2D eigenvalue weighted by Crippen LogP contribution is -2.56. The molecule has 0 amide bonds. The van der Waals surface area contributed by atoms with E-state index in [2.05, 4.69) is 6.92 Å². The molecule has 6 heteroatoms. The molecule has 31 heavy (non-hydrogen) atoms. The van der Waals surface area contributed by atoms with E-state index in [4.69, 9.17) is 9.47 Å². The summed E-state index contributed by atoms with van der Waals surface area (Å²) in [6, 6.07) is 0. The fourth-order valence-corrected chi connectivity index (χ4v) is 7.40. The molecule has 4 rings (SSSR count). The molecular weight excluding hydrogens is 396 g/mol. The van der Waals surface area contributed by atoms with Gasteiger partial charge in [-0.1, -0.05) is 13.8 Å². The molecule has 1 heterocycles. The van der Waals surface area contributed by atoms with Crippen molar-refractivity contribution in [3.8, 4) is 0 Å². The summed E-state index contributed by atoms with van der Waals surface area (Å²) in [7, 11) is 0.